The Labute approximate surface area is 258 Å². The average Bonchev–Trinajstić information content (AvgIpc) is 3.39. The van der Waals surface area contributed by atoms with E-state index in [1.807, 2.05) is 44.2 Å². The number of hydrogen-bond donors (Lipinski definition) is 3. The number of hydrogen-bond acceptors (Lipinski definition) is 7. The van der Waals surface area contributed by atoms with E-state index in [9.17, 15) is 27.9 Å². The van der Waals surface area contributed by atoms with Crippen LogP contribution >= 0.6 is 34.5 Å². The standard InChI is InChI=1S/C28H32Cl2N4O6S2/c1-17(2)13-21(31-26(36)24-14-18-5-3-4-6-23(18)41-24)27(37)33-9-11-34(12-10-33)28(38)22(16-35)32-42(39,40)25-8-7-19(29)15-20(25)30/h3-8,14-15,17,21-22,32,35H,9-13,16H2,1-2H3,(H,31,36)/t21-,22-/m0/s1. The molecular formula is C28H32Cl2N4O6S2. The summed E-state index contributed by atoms with van der Waals surface area (Å²) in [5.41, 5.74) is 0. The van der Waals surface area contributed by atoms with E-state index in [-0.39, 0.29) is 58.9 Å². The highest BCUT2D eigenvalue weighted by molar-refractivity contribution is 7.89. The lowest BCUT2D eigenvalue weighted by molar-refractivity contribution is -0.142. The van der Waals surface area contributed by atoms with Crippen LogP contribution in [0.5, 0.6) is 0 Å². The van der Waals surface area contributed by atoms with Gasteiger partial charge in [0.15, 0.2) is 0 Å². The molecule has 2 atom stereocenters. The molecule has 0 spiro atoms. The third-order valence-corrected chi connectivity index (χ3v) is 10.1. The van der Waals surface area contributed by atoms with Crippen LogP contribution in [0.3, 0.4) is 0 Å². The minimum absolute atomic E-state index is 0.123. The van der Waals surface area contributed by atoms with Crippen LogP contribution in [0.15, 0.2) is 53.4 Å². The molecule has 4 rings (SSSR count). The van der Waals surface area contributed by atoms with Crippen LogP contribution < -0.4 is 10.0 Å². The fourth-order valence-electron chi connectivity index (χ4n) is 4.71. The number of aliphatic hydroxyl groups is 1. The Hall–Kier alpha value is -2.74. The summed E-state index contributed by atoms with van der Waals surface area (Å²) in [7, 11) is -4.24. The zero-order valence-electron chi connectivity index (χ0n) is 23.0. The lowest BCUT2D eigenvalue weighted by Gasteiger charge is -2.38. The molecule has 0 saturated carbocycles. The molecule has 3 amide bonds. The molecule has 42 heavy (non-hydrogen) atoms. The van der Waals surface area contributed by atoms with Crippen LogP contribution in [0.4, 0.5) is 0 Å². The number of thiophene rings is 1. The quantitative estimate of drug-likeness (QED) is 0.307. The van der Waals surface area contributed by atoms with E-state index in [1.165, 1.54) is 34.4 Å². The van der Waals surface area contributed by atoms with Crippen molar-refractivity contribution in [2.45, 2.75) is 37.2 Å². The molecule has 2 aromatic carbocycles. The van der Waals surface area contributed by atoms with E-state index in [4.69, 9.17) is 23.2 Å². The minimum atomic E-state index is -4.24. The Bertz CT molecular complexity index is 1540. The lowest BCUT2D eigenvalue weighted by atomic mass is 10.0. The average molecular weight is 656 g/mol. The number of fused-ring (bicyclic) bond motifs is 1. The number of sulfonamides is 1. The first-order valence-electron chi connectivity index (χ1n) is 13.3. The van der Waals surface area contributed by atoms with Crippen LogP contribution in [-0.2, 0) is 19.6 Å². The van der Waals surface area contributed by atoms with Gasteiger partial charge in [-0.15, -0.1) is 11.3 Å². The summed E-state index contributed by atoms with van der Waals surface area (Å²) < 4.78 is 28.9. The molecule has 1 aromatic heterocycles. The number of rotatable bonds is 10. The van der Waals surface area contributed by atoms with Crippen LogP contribution in [0.1, 0.15) is 29.9 Å². The monoisotopic (exact) mass is 654 g/mol. The molecule has 1 aliphatic heterocycles. The third-order valence-electron chi connectivity index (χ3n) is 6.82. The molecular weight excluding hydrogens is 623 g/mol. The number of nitrogens with one attached hydrogen (secondary N) is 2. The predicted molar refractivity (Wildman–Crippen MR) is 163 cm³/mol. The molecule has 3 N–H and O–H groups in total. The molecule has 14 heteroatoms. The van der Waals surface area contributed by atoms with Crippen molar-refractivity contribution in [3.8, 4) is 0 Å². The van der Waals surface area contributed by atoms with Crippen molar-refractivity contribution in [1.82, 2.24) is 19.8 Å². The molecule has 0 unspecified atom stereocenters. The highest BCUT2D eigenvalue weighted by Crippen LogP contribution is 2.26. The molecule has 3 aromatic rings. The van der Waals surface area contributed by atoms with Crippen molar-refractivity contribution in [2.75, 3.05) is 32.8 Å². The van der Waals surface area contributed by atoms with Gasteiger partial charge in [-0.2, -0.15) is 4.72 Å². The van der Waals surface area contributed by atoms with Crippen LogP contribution in [-0.4, -0.2) is 85.9 Å². The van der Waals surface area contributed by atoms with Crippen molar-refractivity contribution >= 4 is 72.4 Å². The van der Waals surface area contributed by atoms with Gasteiger partial charge in [0.2, 0.25) is 21.8 Å². The van der Waals surface area contributed by atoms with E-state index in [1.54, 1.807) is 4.90 Å². The van der Waals surface area contributed by atoms with Crippen molar-refractivity contribution in [3.63, 3.8) is 0 Å². The summed E-state index contributed by atoms with van der Waals surface area (Å²) in [5, 5.41) is 13.8. The molecule has 1 aliphatic rings. The predicted octanol–water partition coefficient (Wildman–Crippen LogP) is 3.36. The highest BCUT2D eigenvalue weighted by Gasteiger charge is 2.34. The van der Waals surface area contributed by atoms with Gasteiger partial charge in [0.1, 0.15) is 17.0 Å². The number of piperazine rings is 1. The van der Waals surface area contributed by atoms with Gasteiger partial charge in [-0.3, -0.25) is 14.4 Å². The summed E-state index contributed by atoms with van der Waals surface area (Å²) in [6.45, 7) is 3.79. The maximum Gasteiger partial charge on any atom is 0.262 e. The summed E-state index contributed by atoms with van der Waals surface area (Å²) in [4.78, 5) is 42.9. The molecule has 2 heterocycles. The van der Waals surface area contributed by atoms with Crippen molar-refractivity contribution in [3.05, 3.63) is 63.5 Å². The van der Waals surface area contributed by atoms with Gasteiger partial charge in [0, 0.05) is 35.9 Å². The number of amides is 3. The second-order valence-electron chi connectivity index (χ2n) is 10.4. The van der Waals surface area contributed by atoms with E-state index >= 15 is 0 Å². The van der Waals surface area contributed by atoms with E-state index in [0.29, 0.717) is 11.3 Å². The Kier molecular flexibility index (Phi) is 10.5. The first-order chi connectivity index (χ1) is 19.9. The van der Waals surface area contributed by atoms with Gasteiger partial charge >= 0.3 is 0 Å². The summed E-state index contributed by atoms with van der Waals surface area (Å²) in [6, 6.07) is 11.1. The Morgan fingerprint density at radius 3 is 2.14 bits per heavy atom. The normalized spacial score (nSPS) is 15.6. The maximum absolute atomic E-state index is 13.5. The number of halogens is 2. The Morgan fingerprint density at radius 1 is 0.952 bits per heavy atom. The Balaban J connectivity index is 1.38. The van der Waals surface area contributed by atoms with Crippen molar-refractivity contribution in [2.24, 2.45) is 5.92 Å². The van der Waals surface area contributed by atoms with Gasteiger partial charge in [0.05, 0.1) is 16.5 Å². The number of carbonyl (C=O) groups excluding carboxylic acids is 3. The maximum atomic E-state index is 13.5. The number of benzene rings is 2. The smallest absolute Gasteiger partial charge is 0.262 e. The SMILES string of the molecule is CC(C)C[C@H](NC(=O)c1cc2ccccc2s1)C(=O)N1CCN(C(=O)[C@H](CO)NS(=O)(=O)c2ccc(Cl)cc2Cl)CC1. The number of nitrogens with zero attached hydrogens (tertiary/aromatic N) is 2. The first kappa shape index (κ1) is 32.2. The highest BCUT2D eigenvalue weighted by atomic mass is 35.5. The zero-order valence-corrected chi connectivity index (χ0v) is 26.2. The third kappa shape index (κ3) is 7.61. The van der Waals surface area contributed by atoms with E-state index in [2.05, 4.69) is 10.0 Å². The first-order valence-corrected chi connectivity index (χ1v) is 16.4. The molecule has 0 radical (unpaired) electrons. The Morgan fingerprint density at radius 2 is 1.57 bits per heavy atom. The fourth-order valence-corrected chi connectivity index (χ4v) is 7.63. The molecule has 226 valence electrons. The zero-order chi connectivity index (χ0) is 30.6. The molecule has 0 bridgehead atoms. The van der Waals surface area contributed by atoms with Crippen molar-refractivity contribution < 1.29 is 27.9 Å². The second-order valence-corrected chi connectivity index (χ2v) is 14.0. The number of aliphatic hydroxyl groups excluding tert-OH is 1. The second kappa shape index (κ2) is 13.7. The minimum Gasteiger partial charge on any atom is -0.394 e. The van der Waals surface area contributed by atoms with Gasteiger partial charge < -0.3 is 20.2 Å². The van der Waals surface area contributed by atoms with E-state index < -0.39 is 34.6 Å². The van der Waals surface area contributed by atoms with Gasteiger partial charge in [-0.05, 0) is 48.1 Å². The summed E-state index contributed by atoms with van der Waals surface area (Å²) in [6.07, 6.45) is 0.441. The van der Waals surface area contributed by atoms with Crippen molar-refractivity contribution in [1.29, 1.82) is 0 Å². The summed E-state index contributed by atoms with van der Waals surface area (Å²) in [5.74, 6) is -1.06. The van der Waals surface area contributed by atoms with Crippen LogP contribution in [0.25, 0.3) is 10.1 Å². The molecule has 10 nitrogen and oxygen atoms in total. The summed E-state index contributed by atoms with van der Waals surface area (Å²) >= 11 is 13.2. The van der Waals surface area contributed by atoms with Crippen LogP contribution in [0, 0.1) is 5.92 Å². The van der Waals surface area contributed by atoms with E-state index in [0.717, 1.165) is 10.1 Å². The van der Waals surface area contributed by atoms with Gasteiger partial charge in [-0.25, -0.2) is 8.42 Å². The van der Waals surface area contributed by atoms with Gasteiger partial charge in [0.25, 0.3) is 5.91 Å². The topological polar surface area (TPSA) is 136 Å². The van der Waals surface area contributed by atoms with Gasteiger partial charge in [-0.1, -0.05) is 55.2 Å². The molecule has 1 saturated heterocycles. The fraction of sp³-hybridized carbons (Fsp3) is 0.393. The molecule has 1 fully saturated rings. The largest absolute Gasteiger partial charge is 0.394 e. The number of carbonyl (C=O) groups is 3. The van der Waals surface area contributed by atoms with Crippen LogP contribution in [0.2, 0.25) is 10.0 Å². The lowest BCUT2D eigenvalue weighted by Crippen LogP contribution is -2.59. The molecule has 0 aliphatic carbocycles.